The molecule has 0 bridgehead atoms. The van der Waals surface area contributed by atoms with E-state index in [2.05, 4.69) is 5.32 Å². The van der Waals surface area contributed by atoms with Crippen LogP contribution < -0.4 is 5.32 Å². The molecule has 0 aromatic heterocycles. The number of nitrogens with one attached hydrogen (secondary N) is 1. The van der Waals surface area contributed by atoms with Crippen LogP contribution in [0.3, 0.4) is 0 Å². The number of hydrogen-bond donors (Lipinski definition) is 1. The van der Waals surface area contributed by atoms with Gasteiger partial charge in [-0.3, -0.25) is 4.21 Å². The molecular weight excluding hydrogens is 214 g/mol. The molecule has 0 aromatic carbocycles. The van der Waals surface area contributed by atoms with Crippen LogP contribution in [0.2, 0.25) is 0 Å². The van der Waals surface area contributed by atoms with E-state index in [4.69, 9.17) is 9.47 Å². The zero-order chi connectivity index (χ0) is 11.5. The minimum atomic E-state index is -0.742. The van der Waals surface area contributed by atoms with Crippen LogP contribution in [0.15, 0.2) is 0 Å². The predicted octanol–water partition coefficient (Wildman–Crippen LogP) is 0.396. The fourth-order valence-corrected chi connectivity index (χ4v) is 1.33. The Kier molecular flexibility index (Phi) is 10.6. The molecule has 0 spiro atoms. The van der Waals surface area contributed by atoms with Gasteiger partial charge in [0.2, 0.25) is 0 Å². The van der Waals surface area contributed by atoms with Crippen molar-refractivity contribution in [3.05, 3.63) is 0 Å². The second kappa shape index (κ2) is 10.5. The molecule has 0 radical (unpaired) electrons. The minimum absolute atomic E-state index is 0.207. The van der Waals surface area contributed by atoms with E-state index >= 15 is 0 Å². The Morgan fingerprint density at radius 1 is 1.33 bits per heavy atom. The van der Waals surface area contributed by atoms with E-state index in [1.54, 1.807) is 13.4 Å². The normalized spacial score (nSPS) is 15.1. The Morgan fingerprint density at radius 2 is 2.07 bits per heavy atom. The fourth-order valence-electron chi connectivity index (χ4n) is 0.974. The van der Waals surface area contributed by atoms with Gasteiger partial charge < -0.3 is 14.8 Å². The highest BCUT2D eigenvalue weighted by molar-refractivity contribution is 7.84. The van der Waals surface area contributed by atoms with Gasteiger partial charge in [-0.1, -0.05) is 0 Å². The maximum atomic E-state index is 11.0. The van der Waals surface area contributed by atoms with Crippen LogP contribution in [-0.4, -0.2) is 55.7 Å². The molecule has 0 saturated carbocycles. The van der Waals surface area contributed by atoms with Crippen molar-refractivity contribution in [2.75, 3.05) is 46.3 Å². The molecule has 0 aliphatic rings. The van der Waals surface area contributed by atoms with Crippen LogP contribution in [0.25, 0.3) is 0 Å². The molecule has 0 heterocycles. The standard InChI is InChI=1S/C10H23NO3S/c1-10(15(3)12)9-11-5-8-14-7-4-6-13-2/h10-11H,4-9H2,1-3H3. The maximum Gasteiger partial charge on any atom is 0.0590 e. The molecule has 2 unspecified atom stereocenters. The number of ether oxygens (including phenoxy) is 2. The van der Waals surface area contributed by atoms with Crippen LogP contribution >= 0.6 is 0 Å². The molecule has 92 valence electrons. The van der Waals surface area contributed by atoms with E-state index in [0.717, 1.165) is 32.7 Å². The minimum Gasteiger partial charge on any atom is -0.385 e. The summed E-state index contributed by atoms with van der Waals surface area (Å²) in [5.74, 6) is 0. The summed E-state index contributed by atoms with van der Waals surface area (Å²) in [6.07, 6.45) is 2.67. The van der Waals surface area contributed by atoms with Gasteiger partial charge in [0, 0.05) is 55.7 Å². The monoisotopic (exact) mass is 237 g/mol. The lowest BCUT2D eigenvalue weighted by Crippen LogP contribution is -2.30. The van der Waals surface area contributed by atoms with Crippen molar-refractivity contribution in [2.24, 2.45) is 0 Å². The highest BCUT2D eigenvalue weighted by atomic mass is 32.2. The molecule has 1 N–H and O–H groups in total. The Bertz CT molecular complexity index is 167. The lowest BCUT2D eigenvalue weighted by Gasteiger charge is -2.09. The molecule has 0 rings (SSSR count). The summed E-state index contributed by atoms with van der Waals surface area (Å²) in [5.41, 5.74) is 0. The topological polar surface area (TPSA) is 47.6 Å². The van der Waals surface area contributed by atoms with Gasteiger partial charge in [-0.2, -0.15) is 0 Å². The summed E-state index contributed by atoms with van der Waals surface area (Å²) in [6.45, 7) is 5.76. The average molecular weight is 237 g/mol. The smallest absolute Gasteiger partial charge is 0.0590 e. The molecule has 0 aliphatic carbocycles. The van der Waals surface area contributed by atoms with E-state index in [-0.39, 0.29) is 5.25 Å². The summed E-state index contributed by atoms with van der Waals surface area (Å²) < 4.78 is 21.3. The molecular formula is C10H23NO3S. The molecule has 0 fully saturated rings. The number of rotatable bonds is 10. The van der Waals surface area contributed by atoms with Gasteiger partial charge >= 0.3 is 0 Å². The average Bonchev–Trinajstić information content (AvgIpc) is 2.21. The predicted molar refractivity (Wildman–Crippen MR) is 63.7 cm³/mol. The van der Waals surface area contributed by atoms with Crippen molar-refractivity contribution in [3.8, 4) is 0 Å². The van der Waals surface area contributed by atoms with Gasteiger partial charge in [0.1, 0.15) is 0 Å². The van der Waals surface area contributed by atoms with Gasteiger partial charge in [-0.25, -0.2) is 0 Å². The van der Waals surface area contributed by atoms with E-state index < -0.39 is 10.8 Å². The van der Waals surface area contributed by atoms with E-state index in [1.165, 1.54) is 0 Å². The van der Waals surface area contributed by atoms with Crippen LogP contribution in [0, 0.1) is 0 Å². The summed E-state index contributed by atoms with van der Waals surface area (Å²) in [5, 5.41) is 3.42. The SMILES string of the molecule is COCCCOCCNCC(C)S(C)=O. The first-order valence-corrected chi connectivity index (χ1v) is 6.90. The molecule has 15 heavy (non-hydrogen) atoms. The molecule has 0 amide bonds. The van der Waals surface area contributed by atoms with Crippen molar-refractivity contribution < 1.29 is 13.7 Å². The second-order valence-corrected chi connectivity index (χ2v) is 5.27. The number of hydrogen-bond acceptors (Lipinski definition) is 4. The third-order valence-electron chi connectivity index (χ3n) is 2.06. The molecule has 0 aliphatic heterocycles. The lowest BCUT2D eigenvalue weighted by atomic mass is 10.4. The summed E-state index contributed by atoms with van der Waals surface area (Å²) in [4.78, 5) is 0. The summed E-state index contributed by atoms with van der Waals surface area (Å²) in [7, 11) is 0.947. The van der Waals surface area contributed by atoms with Crippen LogP contribution in [-0.2, 0) is 20.3 Å². The van der Waals surface area contributed by atoms with Crippen molar-refractivity contribution >= 4 is 10.8 Å². The highest BCUT2D eigenvalue weighted by Crippen LogP contribution is 1.89. The van der Waals surface area contributed by atoms with Gasteiger partial charge in [-0.15, -0.1) is 0 Å². The van der Waals surface area contributed by atoms with Crippen molar-refractivity contribution in [1.29, 1.82) is 0 Å². The van der Waals surface area contributed by atoms with Gasteiger partial charge in [0.15, 0.2) is 0 Å². The van der Waals surface area contributed by atoms with Crippen molar-refractivity contribution in [1.82, 2.24) is 5.32 Å². The van der Waals surface area contributed by atoms with E-state index in [9.17, 15) is 4.21 Å². The third-order valence-corrected chi connectivity index (χ3v) is 3.36. The molecule has 2 atom stereocenters. The first kappa shape index (κ1) is 15.0. The van der Waals surface area contributed by atoms with E-state index in [1.807, 2.05) is 6.92 Å². The molecule has 0 saturated heterocycles. The lowest BCUT2D eigenvalue weighted by molar-refractivity contribution is 0.104. The van der Waals surface area contributed by atoms with Gasteiger partial charge in [0.05, 0.1) is 6.61 Å². The third kappa shape index (κ3) is 10.3. The Hall–Kier alpha value is 0.0300. The Labute approximate surface area is 95.2 Å². The van der Waals surface area contributed by atoms with Crippen LogP contribution in [0.4, 0.5) is 0 Å². The largest absolute Gasteiger partial charge is 0.385 e. The van der Waals surface area contributed by atoms with Gasteiger partial charge in [-0.05, 0) is 13.3 Å². The Balaban J connectivity index is 3.08. The Morgan fingerprint density at radius 3 is 2.67 bits per heavy atom. The molecule has 0 aromatic rings. The zero-order valence-corrected chi connectivity index (χ0v) is 10.8. The second-order valence-electron chi connectivity index (χ2n) is 3.47. The van der Waals surface area contributed by atoms with Crippen LogP contribution in [0.5, 0.6) is 0 Å². The fraction of sp³-hybridized carbons (Fsp3) is 1.00. The first-order chi connectivity index (χ1) is 7.18. The zero-order valence-electron chi connectivity index (χ0n) is 9.95. The van der Waals surface area contributed by atoms with Crippen molar-refractivity contribution in [2.45, 2.75) is 18.6 Å². The molecule has 5 heteroatoms. The molecule has 4 nitrogen and oxygen atoms in total. The maximum absolute atomic E-state index is 11.0. The summed E-state index contributed by atoms with van der Waals surface area (Å²) >= 11 is 0. The van der Waals surface area contributed by atoms with E-state index in [0.29, 0.717) is 6.61 Å². The summed E-state index contributed by atoms with van der Waals surface area (Å²) in [6, 6.07) is 0. The number of methoxy groups -OCH3 is 1. The first-order valence-electron chi connectivity index (χ1n) is 5.28. The highest BCUT2D eigenvalue weighted by Gasteiger charge is 2.03. The van der Waals surface area contributed by atoms with Gasteiger partial charge in [0.25, 0.3) is 0 Å². The quantitative estimate of drug-likeness (QED) is 0.559. The van der Waals surface area contributed by atoms with Crippen molar-refractivity contribution in [3.63, 3.8) is 0 Å². The van der Waals surface area contributed by atoms with Crippen LogP contribution in [0.1, 0.15) is 13.3 Å².